The van der Waals surface area contributed by atoms with Crippen molar-refractivity contribution >= 4 is 11.6 Å². The highest BCUT2D eigenvalue weighted by Gasteiger charge is 2.34. The maximum atomic E-state index is 12.9. The summed E-state index contributed by atoms with van der Waals surface area (Å²) in [6, 6.07) is 11.9. The summed E-state index contributed by atoms with van der Waals surface area (Å²) in [6.07, 6.45) is -5.47. The highest BCUT2D eigenvalue weighted by molar-refractivity contribution is 5.94. The molecule has 0 fully saturated rings. The van der Waals surface area contributed by atoms with Gasteiger partial charge in [0.1, 0.15) is 5.75 Å². The van der Waals surface area contributed by atoms with Crippen LogP contribution in [0, 0.1) is 6.92 Å². The Kier molecular flexibility index (Phi) is 4.93. The first kappa shape index (κ1) is 16.9. The topological polar surface area (TPSA) is 38.3 Å². The molecule has 0 heterocycles. The first-order chi connectivity index (χ1) is 10.8. The van der Waals surface area contributed by atoms with E-state index >= 15 is 0 Å². The summed E-state index contributed by atoms with van der Waals surface area (Å²) < 4.78 is 44.3. The maximum absolute atomic E-state index is 12.9. The van der Waals surface area contributed by atoms with Crippen LogP contribution in [-0.4, -0.2) is 12.0 Å². The number of amides is 1. The Morgan fingerprint density at radius 1 is 1.09 bits per heavy atom. The van der Waals surface area contributed by atoms with Crippen molar-refractivity contribution in [1.29, 1.82) is 0 Å². The maximum Gasteiger partial charge on any atom is 0.418 e. The van der Waals surface area contributed by atoms with E-state index in [-0.39, 0.29) is 5.69 Å². The highest BCUT2D eigenvalue weighted by Crippen LogP contribution is 2.34. The van der Waals surface area contributed by atoms with Gasteiger partial charge >= 0.3 is 6.18 Å². The number of anilines is 1. The van der Waals surface area contributed by atoms with Crippen LogP contribution < -0.4 is 10.1 Å². The molecular weight excluding hydrogens is 307 g/mol. The van der Waals surface area contributed by atoms with Crippen LogP contribution in [0.3, 0.4) is 0 Å². The molecule has 1 amide bonds. The second-order valence-corrected chi connectivity index (χ2v) is 5.06. The van der Waals surface area contributed by atoms with Gasteiger partial charge < -0.3 is 10.1 Å². The van der Waals surface area contributed by atoms with Crippen LogP contribution in [-0.2, 0) is 11.0 Å². The van der Waals surface area contributed by atoms with Gasteiger partial charge in [-0.15, -0.1) is 0 Å². The average molecular weight is 323 g/mol. The number of aryl methyl sites for hydroxylation is 1. The zero-order valence-corrected chi connectivity index (χ0v) is 12.6. The van der Waals surface area contributed by atoms with Crippen molar-refractivity contribution in [1.82, 2.24) is 0 Å². The minimum Gasteiger partial charge on any atom is -0.481 e. The summed E-state index contributed by atoms with van der Waals surface area (Å²) in [5, 5.41) is 2.27. The fourth-order valence-corrected chi connectivity index (χ4v) is 2.01. The number of hydrogen-bond acceptors (Lipinski definition) is 2. The molecule has 2 aromatic rings. The van der Waals surface area contributed by atoms with E-state index in [2.05, 4.69) is 5.32 Å². The second-order valence-electron chi connectivity index (χ2n) is 5.06. The fourth-order valence-electron chi connectivity index (χ4n) is 2.01. The minimum absolute atomic E-state index is 0.287. The SMILES string of the molecule is Cc1ccccc1O[C@@H](C)C(=O)Nc1ccccc1C(F)(F)F. The molecule has 122 valence electrons. The quantitative estimate of drug-likeness (QED) is 0.904. The van der Waals surface area contributed by atoms with Gasteiger partial charge in [0.25, 0.3) is 5.91 Å². The van der Waals surface area contributed by atoms with Gasteiger partial charge in [0, 0.05) is 0 Å². The molecule has 0 aliphatic heterocycles. The summed E-state index contributed by atoms with van der Waals surface area (Å²) in [7, 11) is 0. The van der Waals surface area contributed by atoms with Gasteiger partial charge in [-0.3, -0.25) is 4.79 Å². The molecule has 0 aromatic heterocycles. The first-order valence-corrected chi connectivity index (χ1v) is 6.98. The number of carbonyl (C=O) groups is 1. The van der Waals surface area contributed by atoms with E-state index in [0.717, 1.165) is 11.6 Å². The number of carbonyl (C=O) groups excluding carboxylic acids is 1. The Balaban J connectivity index is 2.12. The van der Waals surface area contributed by atoms with Crippen molar-refractivity contribution < 1.29 is 22.7 Å². The third kappa shape index (κ3) is 4.25. The molecule has 23 heavy (non-hydrogen) atoms. The minimum atomic E-state index is -4.54. The molecule has 0 unspecified atom stereocenters. The fraction of sp³-hybridized carbons (Fsp3) is 0.235. The molecule has 0 bridgehead atoms. The van der Waals surface area contributed by atoms with Gasteiger partial charge in [0.2, 0.25) is 0 Å². The van der Waals surface area contributed by atoms with Crippen LogP contribution in [0.15, 0.2) is 48.5 Å². The molecule has 2 rings (SSSR count). The van der Waals surface area contributed by atoms with Crippen molar-refractivity contribution in [2.75, 3.05) is 5.32 Å². The largest absolute Gasteiger partial charge is 0.481 e. The lowest BCUT2D eigenvalue weighted by Crippen LogP contribution is -2.31. The zero-order valence-electron chi connectivity index (χ0n) is 12.6. The van der Waals surface area contributed by atoms with Gasteiger partial charge in [0.05, 0.1) is 11.3 Å². The van der Waals surface area contributed by atoms with Crippen LogP contribution in [0.4, 0.5) is 18.9 Å². The van der Waals surface area contributed by atoms with Crippen molar-refractivity contribution in [2.45, 2.75) is 26.1 Å². The van der Waals surface area contributed by atoms with Crippen LogP contribution >= 0.6 is 0 Å². The highest BCUT2D eigenvalue weighted by atomic mass is 19.4. The van der Waals surface area contributed by atoms with E-state index in [0.29, 0.717) is 5.75 Å². The predicted molar refractivity (Wildman–Crippen MR) is 81.3 cm³/mol. The molecule has 1 N–H and O–H groups in total. The summed E-state index contributed by atoms with van der Waals surface area (Å²) >= 11 is 0. The number of ether oxygens (including phenoxy) is 1. The molecule has 0 saturated carbocycles. The molecule has 1 atom stereocenters. The van der Waals surface area contributed by atoms with E-state index < -0.39 is 23.8 Å². The van der Waals surface area contributed by atoms with Crippen molar-refractivity contribution in [2.24, 2.45) is 0 Å². The lowest BCUT2D eigenvalue weighted by molar-refractivity contribution is -0.137. The molecule has 0 saturated heterocycles. The van der Waals surface area contributed by atoms with Crippen LogP contribution in [0.25, 0.3) is 0 Å². The number of para-hydroxylation sites is 2. The second kappa shape index (κ2) is 6.73. The third-order valence-electron chi connectivity index (χ3n) is 3.26. The molecule has 0 spiro atoms. The van der Waals surface area contributed by atoms with E-state index in [1.54, 1.807) is 12.1 Å². The Labute approximate surface area is 132 Å². The summed E-state index contributed by atoms with van der Waals surface area (Å²) in [5.74, 6) is -0.135. The number of halogens is 3. The number of benzene rings is 2. The molecule has 3 nitrogen and oxygen atoms in total. The van der Waals surface area contributed by atoms with Crippen LogP contribution in [0.2, 0.25) is 0 Å². The molecular formula is C17H16F3NO2. The van der Waals surface area contributed by atoms with E-state index in [1.807, 2.05) is 19.1 Å². The van der Waals surface area contributed by atoms with E-state index in [9.17, 15) is 18.0 Å². The van der Waals surface area contributed by atoms with Gasteiger partial charge in [-0.25, -0.2) is 0 Å². The number of alkyl halides is 3. The van der Waals surface area contributed by atoms with E-state index in [1.165, 1.54) is 25.1 Å². The Morgan fingerprint density at radius 3 is 2.35 bits per heavy atom. The molecule has 0 radical (unpaired) electrons. The number of nitrogens with one attached hydrogen (secondary N) is 1. The third-order valence-corrected chi connectivity index (χ3v) is 3.26. The van der Waals surface area contributed by atoms with Crippen molar-refractivity contribution in [3.8, 4) is 5.75 Å². The summed E-state index contributed by atoms with van der Waals surface area (Å²) in [4.78, 5) is 12.1. The molecule has 0 aliphatic carbocycles. The molecule has 2 aromatic carbocycles. The Bertz CT molecular complexity index is 698. The molecule has 0 aliphatic rings. The van der Waals surface area contributed by atoms with Crippen LogP contribution in [0.1, 0.15) is 18.1 Å². The lowest BCUT2D eigenvalue weighted by Gasteiger charge is -2.18. The van der Waals surface area contributed by atoms with Gasteiger partial charge in [-0.05, 0) is 37.6 Å². The first-order valence-electron chi connectivity index (χ1n) is 6.98. The smallest absolute Gasteiger partial charge is 0.418 e. The average Bonchev–Trinajstić information content (AvgIpc) is 2.49. The standard InChI is InChI=1S/C17H16F3NO2/c1-11-7-3-6-10-15(11)23-12(2)16(22)21-14-9-5-4-8-13(14)17(18,19)20/h3-10,12H,1-2H3,(H,21,22)/t12-/m0/s1. The van der Waals surface area contributed by atoms with Crippen molar-refractivity contribution in [3.05, 3.63) is 59.7 Å². The summed E-state index contributed by atoms with van der Waals surface area (Å²) in [5.41, 5.74) is -0.343. The summed E-state index contributed by atoms with van der Waals surface area (Å²) in [6.45, 7) is 3.30. The monoisotopic (exact) mass is 323 g/mol. The Hall–Kier alpha value is -2.50. The van der Waals surface area contributed by atoms with Gasteiger partial charge in [-0.1, -0.05) is 30.3 Å². The predicted octanol–water partition coefficient (Wildman–Crippen LogP) is 4.42. The molecule has 6 heteroatoms. The number of hydrogen-bond donors (Lipinski definition) is 1. The van der Waals surface area contributed by atoms with Gasteiger partial charge in [-0.2, -0.15) is 13.2 Å². The van der Waals surface area contributed by atoms with Gasteiger partial charge in [0.15, 0.2) is 6.10 Å². The number of rotatable bonds is 4. The van der Waals surface area contributed by atoms with E-state index in [4.69, 9.17) is 4.74 Å². The van der Waals surface area contributed by atoms with Crippen molar-refractivity contribution in [3.63, 3.8) is 0 Å². The Morgan fingerprint density at radius 2 is 1.70 bits per heavy atom. The lowest BCUT2D eigenvalue weighted by atomic mass is 10.1. The zero-order chi connectivity index (χ0) is 17.0. The van der Waals surface area contributed by atoms with Crippen LogP contribution in [0.5, 0.6) is 5.75 Å². The normalized spacial score (nSPS) is 12.6.